The number of ether oxygens (including phenoxy) is 3. The number of anilines is 1. The van der Waals surface area contributed by atoms with E-state index in [1.54, 1.807) is 96.5 Å². The van der Waals surface area contributed by atoms with Gasteiger partial charge < -0.3 is 60.8 Å². The van der Waals surface area contributed by atoms with E-state index >= 15 is 0 Å². The van der Waals surface area contributed by atoms with Gasteiger partial charge in [-0.25, -0.2) is 4.79 Å². The van der Waals surface area contributed by atoms with E-state index < -0.39 is 145 Å². The fraction of sp³-hybridized carbons (Fsp3) is 0.607. The van der Waals surface area contributed by atoms with Crippen LogP contribution in [0.5, 0.6) is 0 Å². The first-order valence-corrected chi connectivity index (χ1v) is 29.1. The third-order valence-electron chi connectivity index (χ3n) is 15.9. The molecule has 7 N–H and O–H groups in total. The number of aliphatic hydroxyl groups is 2. The molecule has 0 unspecified atom stereocenters. The highest BCUT2D eigenvalue weighted by Gasteiger charge is 2.44. The Bertz CT molecular complexity index is 2640. The molecule has 0 spiro atoms. The van der Waals surface area contributed by atoms with Crippen LogP contribution in [0.25, 0.3) is 0 Å². The Kier molecular flexibility index (Phi) is 27.1. The molecule has 1 fully saturated rings. The highest BCUT2D eigenvalue weighted by Crippen LogP contribution is 2.30. The molecule has 24 nitrogen and oxygen atoms in total. The van der Waals surface area contributed by atoms with Crippen LogP contribution in [0.3, 0.4) is 0 Å². The van der Waals surface area contributed by atoms with Crippen LogP contribution >= 0.6 is 0 Å². The Morgan fingerprint density at radius 1 is 0.718 bits per heavy atom. The third kappa shape index (κ3) is 18.9. The molecule has 0 aromatic heterocycles. The molecule has 10 amide bonds. The van der Waals surface area contributed by atoms with Crippen LogP contribution in [0.15, 0.2) is 66.7 Å². The topological polar surface area (TPSA) is 312 Å². The largest absolute Gasteiger partial charge is 0.445 e. The lowest BCUT2D eigenvalue weighted by atomic mass is 9.89. The molecule has 2 aliphatic rings. The summed E-state index contributed by atoms with van der Waals surface area (Å²) in [6.07, 6.45) is 0.635. The minimum absolute atomic E-state index is 0.0914. The predicted molar refractivity (Wildman–Crippen MR) is 315 cm³/mol. The van der Waals surface area contributed by atoms with Gasteiger partial charge >= 0.3 is 6.09 Å². The zero-order valence-corrected chi connectivity index (χ0v) is 51.7. The van der Waals surface area contributed by atoms with Crippen molar-refractivity contribution < 1.29 is 72.4 Å². The van der Waals surface area contributed by atoms with Gasteiger partial charge in [0.15, 0.2) is 0 Å². The van der Waals surface area contributed by atoms with E-state index in [1.807, 2.05) is 32.0 Å². The Morgan fingerprint density at radius 3 is 1.87 bits per heavy atom. The summed E-state index contributed by atoms with van der Waals surface area (Å²) in [5.41, 5.74) is 1.43. The molecule has 0 aliphatic carbocycles. The molecule has 2 heterocycles. The number of nitrogens with one attached hydrogen (secondary N) is 5. The molecule has 2 aromatic carbocycles. The average molecular weight is 1190 g/mol. The number of rotatable bonds is 31. The number of aliphatic hydroxyl groups excluding tert-OH is 2. The number of amides is 10. The van der Waals surface area contributed by atoms with Crippen LogP contribution in [0, 0.1) is 29.6 Å². The molecule has 0 radical (unpaired) electrons. The van der Waals surface area contributed by atoms with Gasteiger partial charge in [-0.1, -0.05) is 111 Å². The minimum atomic E-state index is -1.44. The molecule has 470 valence electrons. The van der Waals surface area contributed by atoms with Gasteiger partial charge in [-0.05, 0) is 66.7 Å². The molecule has 2 aromatic rings. The van der Waals surface area contributed by atoms with Crippen molar-refractivity contribution in [2.45, 2.75) is 162 Å². The summed E-state index contributed by atoms with van der Waals surface area (Å²) in [5.74, 6) is -7.52. The number of hydrogen-bond acceptors (Lipinski definition) is 15. The number of hydrogen-bond donors (Lipinski definition) is 7. The fourth-order valence-electron chi connectivity index (χ4n) is 10.8. The van der Waals surface area contributed by atoms with Crippen LogP contribution in [0.2, 0.25) is 0 Å². The van der Waals surface area contributed by atoms with E-state index in [1.165, 1.54) is 33.4 Å². The van der Waals surface area contributed by atoms with E-state index in [-0.39, 0.29) is 36.4 Å². The van der Waals surface area contributed by atoms with Gasteiger partial charge in [0.1, 0.15) is 37.3 Å². The smallest absolute Gasteiger partial charge is 0.410 e. The summed E-state index contributed by atoms with van der Waals surface area (Å²) in [5, 5.41) is 34.3. The van der Waals surface area contributed by atoms with Crippen LogP contribution in [-0.2, 0) is 64.0 Å². The van der Waals surface area contributed by atoms with Gasteiger partial charge in [-0.15, -0.1) is 0 Å². The standard InChI is InChI=1S/C61H91N9O15/c1-15-37(8)53(45(83-13)30-49(75)69-29-19-22-44(69)55(84-14)38(9)56(77)62-39(10)54(76)41-20-17-16-18-21-41)67(11)60(81)51(35(4)5)66-59(80)52(36(6)7)68(12)61(82)85-33-40-23-25-42(26-24-40)63-57(78)43(32-71)64-58(79)50(34(2)3)65-46(72)31-70-47(73)27-28-48(70)74/h16-18,20-21,23-28,34-39,43-45,50-55,71,76H,15,19,22,29-33H2,1-14H3,(H,62,77)(H,63,78)(H,64,79)(H,65,72)(H,66,80)/t37-,38+,39+,43-,44-,45+,50-,51-,52-,53-,54+,55+/m0/s1. The molecular formula is C61H91N9O15. The number of likely N-dealkylation sites (tertiary alicyclic amines) is 1. The average Bonchev–Trinajstić information content (AvgIpc) is 3.99. The number of nitrogens with zero attached hydrogens (tertiary/aromatic N) is 4. The molecule has 12 atom stereocenters. The lowest BCUT2D eigenvalue weighted by Gasteiger charge is -2.41. The molecule has 85 heavy (non-hydrogen) atoms. The van der Waals surface area contributed by atoms with Crippen molar-refractivity contribution in [3.05, 3.63) is 77.9 Å². The number of carbonyl (C=O) groups is 10. The van der Waals surface area contributed by atoms with Crippen LogP contribution in [0.4, 0.5) is 10.5 Å². The quantitative estimate of drug-likeness (QED) is 0.0534. The van der Waals surface area contributed by atoms with E-state index in [0.29, 0.717) is 41.8 Å². The number of benzene rings is 2. The molecule has 4 rings (SSSR count). The van der Waals surface area contributed by atoms with Crippen LogP contribution < -0.4 is 26.6 Å². The Hall–Kier alpha value is -7.28. The molecular weight excluding hydrogens is 1100 g/mol. The monoisotopic (exact) mass is 1190 g/mol. The van der Waals surface area contributed by atoms with Gasteiger partial charge in [0.05, 0.1) is 55.4 Å². The molecule has 2 aliphatic heterocycles. The first-order chi connectivity index (χ1) is 40.1. The van der Waals surface area contributed by atoms with E-state index in [9.17, 15) is 58.2 Å². The number of methoxy groups -OCH3 is 2. The summed E-state index contributed by atoms with van der Waals surface area (Å²) in [4.78, 5) is 139. The van der Waals surface area contributed by atoms with Gasteiger partial charge in [-0.3, -0.25) is 53.0 Å². The lowest BCUT2D eigenvalue weighted by molar-refractivity contribution is -0.148. The predicted octanol–water partition coefficient (Wildman–Crippen LogP) is 3.06. The Morgan fingerprint density at radius 2 is 1.33 bits per heavy atom. The summed E-state index contributed by atoms with van der Waals surface area (Å²) < 4.78 is 17.6. The fourth-order valence-corrected chi connectivity index (χ4v) is 10.8. The zero-order valence-electron chi connectivity index (χ0n) is 51.7. The second kappa shape index (κ2) is 32.8. The maximum absolute atomic E-state index is 14.7. The van der Waals surface area contributed by atoms with E-state index in [4.69, 9.17) is 14.2 Å². The van der Waals surface area contributed by atoms with Gasteiger partial charge in [0, 0.05) is 52.7 Å². The first-order valence-electron chi connectivity index (χ1n) is 29.1. The number of imide groups is 1. The van der Waals surface area contributed by atoms with Gasteiger partial charge in [-0.2, -0.15) is 0 Å². The second-order valence-electron chi connectivity index (χ2n) is 23.1. The highest BCUT2D eigenvalue weighted by atomic mass is 16.6. The molecule has 24 heteroatoms. The summed E-state index contributed by atoms with van der Waals surface area (Å²) in [7, 11) is 6.05. The van der Waals surface area contributed by atoms with Crippen molar-refractivity contribution in [2.75, 3.05) is 53.3 Å². The van der Waals surface area contributed by atoms with Crippen molar-refractivity contribution in [1.29, 1.82) is 0 Å². The lowest BCUT2D eigenvalue weighted by Crippen LogP contribution is -2.60. The highest BCUT2D eigenvalue weighted by molar-refractivity contribution is 6.14. The maximum Gasteiger partial charge on any atom is 0.410 e. The van der Waals surface area contributed by atoms with Gasteiger partial charge in [0.2, 0.25) is 41.4 Å². The molecule has 0 bridgehead atoms. The van der Waals surface area contributed by atoms with Crippen molar-refractivity contribution >= 4 is 64.9 Å². The summed E-state index contributed by atoms with van der Waals surface area (Å²) >= 11 is 0. The Labute approximate surface area is 499 Å². The van der Waals surface area contributed by atoms with Crippen molar-refractivity contribution in [3.8, 4) is 0 Å². The zero-order chi connectivity index (χ0) is 63.6. The maximum atomic E-state index is 14.7. The number of carbonyl (C=O) groups excluding carboxylic acids is 10. The van der Waals surface area contributed by atoms with Crippen LogP contribution in [0.1, 0.15) is 112 Å². The SMILES string of the molecule is CC[C@H](C)[C@@H]([C@@H](CC(=O)N1CCC[C@H]1[C@H](OC)[C@@H](C)C(=O)N[C@H](C)[C@@H](O)c1ccccc1)OC)N(C)C(=O)[C@@H](NC(=O)[C@H](C(C)C)N(C)C(=O)OCc1ccc(NC(=O)[C@H](CO)NC(=O)[C@@H](NC(=O)CN2C(=O)C=CC2=O)C(C)C)cc1)C(C)C. The summed E-state index contributed by atoms with van der Waals surface area (Å²) in [6.45, 7) is 16.5. The van der Waals surface area contributed by atoms with Crippen molar-refractivity contribution in [3.63, 3.8) is 0 Å². The summed E-state index contributed by atoms with van der Waals surface area (Å²) in [6, 6.07) is 8.75. The normalized spacial score (nSPS) is 18.1. The third-order valence-corrected chi connectivity index (χ3v) is 15.9. The molecule has 1 saturated heterocycles. The van der Waals surface area contributed by atoms with Crippen molar-refractivity contribution in [2.24, 2.45) is 29.6 Å². The van der Waals surface area contributed by atoms with E-state index in [0.717, 1.165) is 17.1 Å². The number of likely N-dealkylation sites (N-methyl/N-ethyl adjacent to an activating group) is 2. The van der Waals surface area contributed by atoms with Crippen molar-refractivity contribution in [1.82, 2.24) is 40.9 Å². The van der Waals surface area contributed by atoms with Crippen LogP contribution in [-0.4, -0.2) is 192 Å². The Balaban J connectivity index is 1.37. The second-order valence-corrected chi connectivity index (χ2v) is 23.1. The van der Waals surface area contributed by atoms with E-state index in [2.05, 4.69) is 26.6 Å². The first kappa shape index (κ1) is 70.2. The molecule has 0 saturated carbocycles. The van der Waals surface area contributed by atoms with Gasteiger partial charge in [0.25, 0.3) is 11.8 Å². The minimum Gasteiger partial charge on any atom is -0.445 e.